The van der Waals surface area contributed by atoms with Crippen molar-refractivity contribution >= 4 is 0 Å². The Bertz CT molecular complexity index is 147. The molecule has 3 nitrogen and oxygen atoms in total. The Kier molecular flexibility index (Phi) is 4.85. The summed E-state index contributed by atoms with van der Waals surface area (Å²) in [4.78, 5) is 0. The molecule has 1 aliphatic heterocycles. The van der Waals surface area contributed by atoms with E-state index >= 15 is 0 Å². The lowest BCUT2D eigenvalue weighted by Crippen LogP contribution is -2.28. The van der Waals surface area contributed by atoms with E-state index in [1.165, 1.54) is 0 Å². The zero-order chi connectivity index (χ0) is 10.6. The number of rotatable bonds is 7. The van der Waals surface area contributed by atoms with Crippen molar-refractivity contribution in [1.29, 1.82) is 0 Å². The zero-order valence-corrected chi connectivity index (χ0v) is 9.66. The van der Waals surface area contributed by atoms with Crippen LogP contribution in [0.1, 0.15) is 27.7 Å². The Hall–Kier alpha value is -0.120. The Labute approximate surface area is 86.7 Å². The van der Waals surface area contributed by atoms with Gasteiger partial charge < -0.3 is 14.2 Å². The van der Waals surface area contributed by atoms with Crippen LogP contribution < -0.4 is 0 Å². The molecule has 0 aliphatic carbocycles. The standard InChI is InChI=1S/C11H22O3/c1-8(2)11(7-12-9(3)4)14-6-10-5-13-10/h8-11H,5-7H2,1-4H3. The van der Waals surface area contributed by atoms with Crippen LogP contribution in [0.2, 0.25) is 0 Å². The quantitative estimate of drug-likeness (QED) is 0.590. The third kappa shape index (κ3) is 4.94. The van der Waals surface area contributed by atoms with Crippen LogP contribution in [0.5, 0.6) is 0 Å². The first kappa shape index (κ1) is 12.0. The summed E-state index contributed by atoms with van der Waals surface area (Å²) in [5, 5.41) is 0. The van der Waals surface area contributed by atoms with E-state index in [1.807, 2.05) is 13.8 Å². The first-order valence-electron chi connectivity index (χ1n) is 5.44. The molecule has 0 aromatic heterocycles. The highest BCUT2D eigenvalue weighted by atomic mass is 16.6. The summed E-state index contributed by atoms with van der Waals surface area (Å²) in [5.74, 6) is 0.493. The van der Waals surface area contributed by atoms with Crippen LogP contribution >= 0.6 is 0 Å². The van der Waals surface area contributed by atoms with Crippen LogP contribution in [-0.4, -0.2) is 38.1 Å². The lowest BCUT2D eigenvalue weighted by Gasteiger charge is -2.22. The van der Waals surface area contributed by atoms with Crippen molar-refractivity contribution in [2.75, 3.05) is 19.8 Å². The van der Waals surface area contributed by atoms with Crippen LogP contribution in [0.15, 0.2) is 0 Å². The maximum absolute atomic E-state index is 5.73. The van der Waals surface area contributed by atoms with E-state index in [-0.39, 0.29) is 12.2 Å². The molecular weight excluding hydrogens is 180 g/mol. The Morgan fingerprint density at radius 3 is 2.29 bits per heavy atom. The Morgan fingerprint density at radius 2 is 1.86 bits per heavy atom. The van der Waals surface area contributed by atoms with Gasteiger partial charge in [-0.3, -0.25) is 0 Å². The molecule has 0 spiro atoms. The second-order valence-electron chi connectivity index (χ2n) is 4.45. The minimum absolute atomic E-state index is 0.196. The molecule has 1 fully saturated rings. The highest BCUT2D eigenvalue weighted by Crippen LogP contribution is 2.14. The van der Waals surface area contributed by atoms with Crippen molar-refractivity contribution in [3.8, 4) is 0 Å². The molecular formula is C11H22O3. The van der Waals surface area contributed by atoms with Gasteiger partial charge in [-0.1, -0.05) is 13.8 Å². The summed E-state index contributed by atoms with van der Waals surface area (Å²) in [6.45, 7) is 10.6. The fraction of sp³-hybridized carbons (Fsp3) is 1.00. The number of epoxide rings is 1. The van der Waals surface area contributed by atoms with Gasteiger partial charge in [-0.15, -0.1) is 0 Å². The van der Waals surface area contributed by atoms with E-state index in [9.17, 15) is 0 Å². The van der Waals surface area contributed by atoms with E-state index in [4.69, 9.17) is 14.2 Å². The average Bonchev–Trinajstić information content (AvgIpc) is 2.86. The summed E-state index contributed by atoms with van der Waals surface area (Å²) in [7, 11) is 0. The molecule has 1 aliphatic rings. The molecule has 0 N–H and O–H groups in total. The molecule has 0 amide bonds. The molecule has 2 unspecified atom stereocenters. The van der Waals surface area contributed by atoms with E-state index in [2.05, 4.69) is 13.8 Å². The first-order chi connectivity index (χ1) is 6.59. The van der Waals surface area contributed by atoms with E-state index in [0.29, 0.717) is 25.2 Å². The molecule has 0 radical (unpaired) electrons. The summed E-state index contributed by atoms with van der Waals surface area (Å²) in [6.07, 6.45) is 0.814. The maximum Gasteiger partial charge on any atom is 0.104 e. The molecule has 1 heterocycles. The maximum atomic E-state index is 5.73. The summed E-state index contributed by atoms with van der Waals surface area (Å²) in [5.41, 5.74) is 0. The van der Waals surface area contributed by atoms with Gasteiger partial charge in [0.2, 0.25) is 0 Å². The normalized spacial score (nSPS) is 23.1. The highest BCUT2D eigenvalue weighted by molar-refractivity contribution is 4.70. The summed E-state index contributed by atoms with van der Waals surface area (Å²) >= 11 is 0. The van der Waals surface area contributed by atoms with E-state index < -0.39 is 0 Å². The Balaban J connectivity index is 2.15. The van der Waals surface area contributed by atoms with Gasteiger partial charge in [-0.05, 0) is 19.8 Å². The fourth-order valence-corrected chi connectivity index (χ4v) is 1.12. The van der Waals surface area contributed by atoms with Gasteiger partial charge in [0.1, 0.15) is 6.10 Å². The lowest BCUT2D eigenvalue weighted by molar-refractivity contribution is -0.0580. The molecule has 0 aromatic rings. The SMILES string of the molecule is CC(C)OCC(OCC1CO1)C(C)C. The summed E-state index contributed by atoms with van der Waals surface area (Å²) < 4.78 is 16.4. The number of hydrogen-bond acceptors (Lipinski definition) is 3. The largest absolute Gasteiger partial charge is 0.376 e. The number of hydrogen-bond donors (Lipinski definition) is 0. The molecule has 1 rings (SSSR count). The van der Waals surface area contributed by atoms with E-state index in [1.54, 1.807) is 0 Å². The van der Waals surface area contributed by atoms with E-state index in [0.717, 1.165) is 6.61 Å². The van der Waals surface area contributed by atoms with Crippen molar-refractivity contribution in [2.24, 2.45) is 5.92 Å². The lowest BCUT2D eigenvalue weighted by atomic mass is 10.1. The third-order valence-electron chi connectivity index (χ3n) is 2.24. The molecule has 0 bridgehead atoms. The van der Waals surface area contributed by atoms with Crippen LogP contribution in [0.4, 0.5) is 0 Å². The van der Waals surface area contributed by atoms with Gasteiger partial charge in [0.15, 0.2) is 0 Å². The van der Waals surface area contributed by atoms with Gasteiger partial charge in [0.05, 0.1) is 32.0 Å². The van der Waals surface area contributed by atoms with Crippen LogP contribution in [-0.2, 0) is 14.2 Å². The monoisotopic (exact) mass is 202 g/mol. The second kappa shape index (κ2) is 5.69. The van der Waals surface area contributed by atoms with Crippen LogP contribution in [0.25, 0.3) is 0 Å². The number of ether oxygens (including phenoxy) is 3. The minimum Gasteiger partial charge on any atom is -0.376 e. The molecule has 3 heteroatoms. The van der Waals surface area contributed by atoms with Crippen molar-refractivity contribution in [2.45, 2.75) is 46.0 Å². The van der Waals surface area contributed by atoms with Gasteiger partial charge in [-0.2, -0.15) is 0 Å². The van der Waals surface area contributed by atoms with Crippen LogP contribution in [0.3, 0.4) is 0 Å². The van der Waals surface area contributed by atoms with Crippen molar-refractivity contribution in [3.05, 3.63) is 0 Å². The van der Waals surface area contributed by atoms with Gasteiger partial charge in [0.25, 0.3) is 0 Å². The van der Waals surface area contributed by atoms with Gasteiger partial charge >= 0.3 is 0 Å². The minimum atomic E-state index is 0.196. The predicted molar refractivity (Wildman–Crippen MR) is 55.4 cm³/mol. The topological polar surface area (TPSA) is 31.0 Å². The summed E-state index contributed by atoms with van der Waals surface area (Å²) in [6, 6.07) is 0. The van der Waals surface area contributed by atoms with Crippen LogP contribution in [0, 0.1) is 5.92 Å². The smallest absolute Gasteiger partial charge is 0.104 e. The molecule has 0 aromatic carbocycles. The van der Waals surface area contributed by atoms with Gasteiger partial charge in [0, 0.05) is 0 Å². The average molecular weight is 202 g/mol. The highest BCUT2D eigenvalue weighted by Gasteiger charge is 2.25. The molecule has 14 heavy (non-hydrogen) atoms. The first-order valence-corrected chi connectivity index (χ1v) is 5.44. The zero-order valence-electron chi connectivity index (χ0n) is 9.66. The van der Waals surface area contributed by atoms with Crippen molar-refractivity contribution in [3.63, 3.8) is 0 Å². The Morgan fingerprint density at radius 1 is 1.21 bits per heavy atom. The molecule has 1 saturated heterocycles. The fourth-order valence-electron chi connectivity index (χ4n) is 1.12. The van der Waals surface area contributed by atoms with Crippen molar-refractivity contribution < 1.29 is 14.2 Å². The van der Waals surface area contributed by atoms with Crippen molar-refractivity contribution in [1.82, 2.24) is 0 Å². The predicted octanol–water partition coefficient (Wildman–Crippen LogP) is 1.85. The van der Waals surface area contributed by atoms with Gasteiger partial charge in [-0.25, -0.2) is 0 Å². The molecule has 2 atom stereocenters. The molecule has 0 saturated carbocycles. The molecule has 84 valence electrons. The second-order valence-corrected chi connectivity index (χ2v) is 4.45. The third-order valence-corrected chi connectivity index (χ3v) is 2.24.